The van der Waals surface area contributed by atoms with Crippen LogP contribution in [0.4, 0.5) is 5.95 Å². The molecule has 9 nitrogen and oxygen atoms in total. The van der Waals surface area contributed by atoms with Crippen molar-refractivity contribution in [2.24, 2.45) is 5.92 Å². The quantitative estimate of drug-likeness (QED) is 0.507. The number of H-pyrrole nitrogens is 2. The van der Waals surface area contributed by atoms with Gasteiger partial charge in [0.05, 0.1) is 22.9 Å². The van der Waals surface area contributed by atoms with Crippen molar-refractivity contribution in [3.05, 3.63) is 34.9 Å². The number of nitrogens with one attached hydrogen (secondary N) is 2. The second kappa shape index (κ2) is 6.20. The Bertz CT molecular complexity index is 1180. The highest BCUT2D eigenvalue weighted by Gasteiger charge is 2.18. The van der Waals surface area contributed by atoms with Gasteiger partial charge < -0.3 is 15.5 Å². The molecule has 5 rings (SSSR count). The van der Waals surface area contributed by atoms with Gasteiger partial charge in [-0.15, -0.1) is 0 Å². The van der Waals surface area contributed by atoms with E-state index in [1.807, 2.05) is 18.2 Å². The van der Waals surface area contributed by atoms with Crippen molar-refractivity contribution in [3.8, 4) is 11.3 Å². The van der Waals surface area contributed by atoms with Crippen molar-refractivity contribution in [2.75, 3.05) is 18.9 Å². The number of aromatic nitrogens is 6. The summed E-state index contributed by atoms with van der Waals surface area (Å²) in [7, 11) is 0. The van der Waals surface area contributed by atoms with E-state index in [-0.39, 0.29) is 5.69 Å². The van der Waals surface area contributed by atoms with Crippen LogP contribution in [-0.4, -0.2) is 42.7 Å². The van der Waals surface area contributed by atoms with Gasteiger partial charge in [0.25, 0.3) is 0 Å². The lowest BCUT2D eigenvalue weighted by Gasteiger charge is -2.21. The monoisotopic (exact) mass is 365 g/mol. The predicted molar refractivity (Wildman–Crippen MR) is 101 cm³/mol. The van der Waals surface area contributed by atoms with E-state index in [2.05, 4.69) is 19.9 Å². The Kier molecular flexibility index (Phi) is 3.68. The maximum absolute atomic E-state index is 12.4. The number of rotatable bonds is 3. The molecule has 0 bridgehead atoms. The summed E-state index contributed by atoms with van der Waals surface area (Å²) >= 11 is 0. The number of nitrogens with two attached hydrogens (primary N) is 1. The van der Waals surface area contributed by atoms with Crippen LogP contribution in [-0.2, 0) is 11.3 Å². The summed E-state index contributed by atoms with van der Waals surface area (Å²) in [5, 5.41) is 0. The number of nitrogen functional groups attached to an aromatic ring is 1. The zero-order chi connectivity index (χ0) is 18.4. The molecule has 138 valence electrons. The van der Waals surface area contributed by atoms with Crippen molar-refractivity contribution in [2.45, 2.75) is 19.4 Å². The van der Waals surface area contributed by atoms with Crippen molar-refractivity contribution >= 4 is 28.3 Å². The Morgan fingerprint density at radius 3 is 2.93 bits per heavy atom. The van der Waals surface area contributed by atoms with Gasteiger partial charge in [0, 0.05) is 25.3 Å². The third kappa shape index (κ3) is 2.85. The van der Waals surface area contributed by atoms with Gasteiger partial charge in [0.15, 0.2) is 17.2 Å². The summed E-state index contributed by atoms with van der Waals surface area (Å²) in [6, 6.07) is 5.75. The largest absolute Gasteiger partial charge is 0.381 e. The molecular weight excluding hydrogens is 346 g/mol. The number of ether oxygens (including phenoxy) is 1. The number of hydrogen-bond donors (Lipinski definition) is 3. The van der Waals surface area contributed by atoms with Crippen LogP contribution in [0.1, 0.15) is 12.8 Å². The van der Waals surface area contributed by atoms with E-state index in [0.29, 0.717) is 35.4 Å². The minimum Gasteiger partial charge on any atom is -0.381 e. The van der Waals surface area contributed by atoms with Crippen LogP contribution in [0.5, 0.6) is 0 Å². The van der Waals surface area contributed by atoms with E-state index in [9.17, 15) is 4.79 Å². The van der Waals surface area contributed by atoms with Crippen molar-refractivity contribution < 1.29 is 4.74 Å². The first-order chi connectivity index (χ1) is 13.2. The number of fused-ring (bicyclic) bond motifs is 2. The lowest BCUT2D eigenvalue weighted by atomic mass is 10.0. The normalized spacial score (nSPS) is 15.7. The minimum absolute atomic E-state index is 0.177. The maximum atomic E-state index is 12.4. The number of aromatic amines is 2. The van der Waals surface area contributed by atoms with Crippen molar-refractivity contribution in [3.63, 3.8) is 0 Å². The van der Waals surface area contributed by atoms with Gasteiger partial charge >= 0.3 is 5.69 Å². The smallest absolute Gasteiger partial charge is 0.328 e. The zero-order valence-electron chi connectivity index (χ0n) is 14.6. The molecule has 4 N–H and O–H groups in total. The van der Waals surface area contributed by atoms with E-state index in [0.717, 1.165) is 42.7 Å². The van der Waals surface area contributed by atoms with Crippen LogP contribution in [0.15, 0.2) is 29.2 Å². The van der Waals surface area contributed by atoms with Crippen molar-refractivity contribution in [1.29, 1.82) is 0 Å². The van der Waals surface area contributed by atoms with Crippen LogP contribution in [0, 0.1) is 5.92 Å². The van der Waals surface area contributed by atoms with Crippen LogP contribution >= 0.6 is 0 Å². The highest BCUT2D eigenvalue weighted by atomic mass is 16.5. The molecule has 1 aliphatic rings. The fraction of sp³-hybridized carbons (Fsp3) is 0.333. The van der Waals surface area contributed by atoms with Gasteiger partial charge in [-0.1, -0.05) is 6.07 Å². The Morgan fingerprint density at radius 2 is 2.07 bits per heavy atom. The third-order valence-electron chi connectivity index (χ3n) is 5.06. The molecule has 0 spiro atoms. The van der Waals surface area contributed by atoms with Crippen LogP contribution < -0.4 is 11.4 Å². The molecule has 3 aromatic heterocycles. The standard InChI is InChI=1S/C18H19N7O2/c19-17-22-12-2-1-11(7-13(12)23-17)14-8-20-15-16(21-14)25(18(26)24-15)9-10-3-5-27-6-4-10/h1-2,7-8,10H,3-6,9H2,(H3,19,22,23)(H,20,24,26). The second-order valence-electron chi connectivity index (χ2n) is 6.88. The lowest BCUT2D eigenvalue weighted by molar-refractivity contribution is 0.0613. The van der Waals surface area contributed by atoms with Gasteiger partial charge in [-0.3, -0.25) is 9.55 Å². The molecule has 0 unspecified atom stereocenters. The number of nitrogens with zero attached hydrogens (tertiary/aromatic N) is 4. The summed E-state index contributed by atoms with van der Waals surface area (Å²) in [5.41, 5.74) is 9.80. The molecular formula is C18H19N7O2. The van der Waals surface area contributed by atoms with Gasteiger partial charge in [-0.05, 0) is 30.9 Å². The molecule has 1 saturated heterocycles. The van der Waals surface area contributed by atoms with E-state index in [1.165, 1.54) is 0 Å². The zero-order valence-corrected chi connectivity index (χ0v) is 14.6. The maximum Gasteiger partial charge on any atom is 0.328 e. The van der Waals surface area contributed by atoms with Gasteiger partial charge in [0.1, 0.15) is 0 Å². The average Bonchev–Trinajstić information content (AvgIpc) is 3.20. The van der Waals surface area contributed by atoms with E-state index >= 15 is 0 Å². The number of imidazole rings is 2. The summed E-state index contributed by atoms with van der Waals surface area (Å²) in [6.07, 6.45) is 3.56. The summed E-state index contributed by atoms with van der Waals surface area (Å²) in [6.45, 7) is 2.10. The average molecular weight is 365 g/mol. The van der Waals surface area contributed by atoms with Crippen molar-refractivity contribution in [1.82, 2.24) is 29.5 Å². The Morgan fingerprint density at radius 1 is 1.22 bits per heavy atom. The fourth-order valence-corrected chi connectivity index (χ4v) is 3.60. The summed E-state index contributed by atoms with van der Waals surface area (Å²) in [5.74, 6) is 0.781. The number of hydrogen-bond acceptors (Lipinski definition) is 6. The molecule has 4 heterocycles. The molecule has 27 heavy (non-hydrogen) atoms. The molecule has 4 aromatic rings. The first-order valence-corrected chi connectivity index (χ1v) is 8.96. The molecule has 0 radical (unpaired) electrons. The Labute approximate surface area is 153 Å². The van der Waals surface area contributed by atoms with E-state index < -0.39 is 0 Å². The van der Waals surface area contributed by atoms with Gasteiger partial charge in [-0.25, -0.2) is 19.7 Å². The molecule has 0 aliphatic carbocycles. The Hall–Kier alpha value is -3.20. The summed E-state index contributed by atoms with van der Waals surface area (Å²) < 4.78 is 7.10. The predicted octanol–water partition coefficient (Wildman–Crippen LogP) is 1.67. The van der Waals surface area contributed by atoms with Crippen LogP contribution in [0.3, 0.4) is 0 Å². The van der Waals surface area contributed by atoms with Crippen LogP contribution in [0.2, 0.25) is 0 Å². The topological polar surface area (TPSA) is 128 Å². The molecule has 9 heteroatoms. The van der Waals surface area contributed by atoms with E-state index in [4.69, 9.17) is 15.5 Å². The lowest BCUT2D eigenvalue weighted by Crippen LogP contribution is -2.26. The minimum atomic E-state index is -0.177. The molecule has 1 fully saturated rings. The van der Waals surface area contributed by atoms with Gasteiger partial charge in [0.2, 0.25) is 0 Å². The number of anilines is 1. The molecule has 0 atom stereocenters. The first-order valence-electron chi connectivity index (χ1n) is 8.96. The fourth-order valence-electron chi connectivity index (χ4n) is 3.60. The van der Waals surface area contributed by atoms with E-state index in [1.54, 1.807) is 10.8 Å². The first kappa shape index (κ1) is 16.0. The van der Waals surface area contributed by atoms with Gasteiger partial charge in [-0.2, -0.15) is 0 Å². The highest BCUT2D eigenvalue weighted by Crippen LogP contribution is 2.24. The molecule has 1 aromatic carbocycles. The molecule has 1 aliphatic heterocycles. The SMILES string of the molecule is Nc1nc2cc(-c3cnc4[nH]c(=O)n(CC5CCOCC5)c4n3)ccc2[nH]1. The number of benzene rings is 1. The third-order valence-corrected chi connectivity index (χ3v) is 5.06. The second-order valence-corrected chi connectivity index (χ2v) is 6.88. The Balaban J connectivity index is 1.56. The molecule has 0 saturated carbocycles. The van der Waals surface area contributed by atoms with Crippen LogP contribution in [0.25, 0.3) is 33.6 Å². The summed E-state index contributed by atoms with van der Waals surface area (Å²) in [4.78, 5) is 31.6. The highest BCUT2D eigenvalue weighted by molar-refractivity contribution is 5.83. The molecule has 0 amide bonds.